The Labute approximate surface area is 121 Å². The van der Waals surface area contributed by atoms with Gasteiger partial charge in [0.15, 0.2) is 0 Å². The molecule has 1 aromatic carbocycles. The van der Waals surface area contributed by atoms with Crippen LogP contribution in [0.15, 0.2) is 36.5 Å². The van der Waals surface area contributed by atoms with Crippen molar-refractivity contribution in [1.82, 2.24) is 4.98 Å². The number of para-hydroxylation sites is 2. The topological polar surface area (TPSA) is 71.5 Å². The van der Waals surface area contributed by atoms with Crippen molar-refractivity contribution < 1.29 is 14.6 Å². The number of carboxylic acids is 1. The molecule has 104 valence electrons. The molecule has 1 aromatic heterocycles. The zero-order valence-corrected chi connectivity index (χ0v) is 11.5. The second-order valence-corrected chi connectivity index (χ2v) is 4.32. The smallest absolute Gasteiger partial charge is 0.337 e. The quantitative estimate of drug-likeness (QED) is 0.881. The van der Waals surface area contributed by atoms with Crippen LogP contribution >= 0.6 is 11.6 Å². The van der Waals surface area contributed by atoms with Crippen molar-refractivity contribution >= 4 is 29.1 Å². The van der Waals surface area contributed by atoms with Crippen LogP contribution < -0.4 is 10.1 Å². The number of carboxylic acid groups (broad SMARTS) is 1. The van der Waals surface area contributed by atoms with Crippen LogP contribution in [-0.2, 0) is 0 Å². The molecule has 0 aliphatic carbocycles. The lowest BCUT2D eigenvalue weighted by atomic mass is 10.2. The Hall–Kier alpha value is -2.27. The molecule has 2 N–H and O–H groups in total. The Bertz CT molecular complexity index is 632. The number of hydrogen-bond acceptors (Lipinski definition) is 4. The Morgan fingerprint density at radius 2 is 2.20 bits per heavy atom. The van der Waals surface area contributed by atoms with E-state index in [1.807, 2.05) is 31.2 Å². The number of ether oxygens (including phenoxy) is 1. The van der Waals surface area contributed by atoms with Gasteiger partial charge in [-0.3, -0.25) is 0 Å². The lowest BCUT2D eigenvalue weighted by Gasteiger charge is -2.12. The zero-order valence-electron chi connectivity index (χ0n) is 10.8. The normalized spacial score (nSPS) is 10.1. The van der Waals surface area contributed by atoms with Gasteiger partial charge in [0.2, 0.25) is 0 Å². The van der Waals surface area contributed by atoms with Crippen LogP contribution in [0.5, 0.6) is 5.75 Å². The summed E-state index contributed by atoms with van der Waals surface area (Å²) in [7, 11) is 0. The first-order chi connectivity index (χ1) is 9.61. The van der Waals surface area contributed by atoms with Gasteiger partial charge in [0, 0.05) is 6.20 Å². The van der Waals surface area contributed by atoms with Crippen molar-refractivity contribution in [3.63, 3.8) is 0 Å². The molecular formula is C14H13ClN2O3. The van der Waals surface area contributed by atoms with Crippen LogP contribution in [0.4, 0.5) is 11.5 Å². The highest BCUT2D eigenvalue weighted by Crippen LogP contribution is 2.30. The summed E-state index contributed by atoms with van der Waals surface area (Å²) in [6.45, 7) is 2.43. The van der Waals surface area contributed by atoms with E-state index in [2.05, 4.69) is 10.3 Å². The second-order valence-electron chi connectivity index (χ2n) is 3.91. The van der Waals surface area contributed by atoms with E-state index in [-0.39, 0.29) is 10.6 Å². The molecule has 0 fully saturated rings. The molecule has 0 atom stereocenters. The van der Waals surface area contributed by atoms with Crippen molar-refractivity contribution in [1.29, 1.82) is 0 Å². The highest BCUT2D eigenvalue weighted by molar-refractivity contribution is 6.33. The number of rotatable bonds is 5. The number of anilines is 2. The van der Waals surface area contributed by atoms with Crippen molar-refractivity contribution in [3.8, 4) is 5.75 Å². The predicted molar refractivity (Wildman–Crippen MR) is 77.1 cm³/mol. The van der Waals surface area contributed by atoms with Crippen LogP contribution in [0.2, 0.25) is 5.02 Å². The molecule has 1 heterocycles. The monoisotopic (exact) mass is 292 g/mol. The van der Waals surface area contributed by atoms with Crippen LogP contribution in [0, 0.1) is 0 Å². The van der Waals surface area contributed by atoms with Gasteiger partial charge < -0.3 is 15.2 Å². The summed E-state index contributed by atoms with van der Waals surface area (Å²) in [6.07, 6.45) is 1.25. The number of aromatic nitrogens is 1. The molecule has 2 rings (SSSR count). The van der Waals surface area contributed by atoms with E-state index >= 15 is 0 Å². The minimum Gasteiger partial charge on any atom is -0.492 e. The summed E-state index contributed by atoms with van der Waals surface area (Å²) in [5.74, 6) is -0.0142. The van der Waals surface area contributed by atoms with Crippen molar-refractivity contribution in [2.24, 2.45) is 0 Å². The highest BCUT2D eigenvalue weighted by atomic mass is 35.5. The number of nitrogens with one attached hydrogen (secondary N) is 1. The molecule has 0 saturated heterocycles. The van der Waals surface area contributed by atoms with Gasteiger partial charge in [-0.2, -0.15) is 0 Å². The molecular weight excluding hydrogens is 280 g/mol. The van der Waals surface area contributed by atoms with Crippen molar-refractivity contribution in [2.45, 2.75) is 6.92 Å². The zero-order chi connectivity index (χ0) is 14.5. The molecule has 0 unspecified atom stereocenters. The average molecular weight is 293 g/mol. The first-order valence-corrected chi connectivity index (χ1v) is 6.37. The SMILES string of the molecule is CCOc1ccccc1Nc1ncc(C(=O)O)cc1Cl. The van der Waals surface area contributed by atoms with Gasteiger partial charge in [0.25, 0.3) is 0 Å². The number of carbonyl (C=O) groups is 1. The highest BCUT2D eigenvalue weighted by Gasteiger charge is 2.10. The van der Waals surface area contributed by atoms with Gasteiger partial charge in [-0.25, -0.2) is 9.78 Å². The van der Waals surface area contributed by atoms with E-state index in [1.165, 1.54) is 12.3 Å². The van der Waals surface area contributed by atoms with Crippen LogP contribution in [0.1, 0.15) is 17.3 Å². The van der Waals surface area contributed by atoms with E-state index in [1.54, 1.807) is 0 Å². The number of hydrogen-bond donors (Lipinski definition) is 2. The number of aromatic carboxylic acids is 1. The number of halogens is 1. The Morgan fingerprint density at radius 3 is 2.85 bits per heavy atom. The predicted octanol–water partition coefficient (Wildman–Crippen LogP) is 3.58. The molecule has 0 radical (unpaired) electrons. The third-order valence-corrected chi connectivity index (χ3v) is 2.82. The molecule has 0 saturated carbocycles. The number of pyridine rings is 1. The van der Waals surface area contributed by atoms with Gasteiger partial charge in [0.1, 0.15) is 11.6 Å². The number of nitrogens with zero attached hydrogens (tertiary/aromatic N) is 1. The van der Waals surface area contributed by atoms with Gasteiger partial charge in [-0.05, 0) is 25.1 Å². The van der Waals surface area contributed by atoms with Crippen molar-refractivity contribution in [3.05, 3.63) is 47.1 Å². The molecule has 0 bridgehead atoms. The first kappa shape index (κ1) is 14.1. The Morgan fingerprint density at radius 1 is 1.45 bits per heavy atom. The minimum absolute atomic E-state index is 0.0404. The average Bonchev–Trinajstić information content (AvgIpc) is 2.43. The standard InChI is InChI=1S/C14H13ClN2O3/c1-2-20-12-6-4-3-5-11(12)17-13-10(15)7-9(8-16-13)14(18)19/h3-8H,2H2,1H3,(H,16,17)(H,18,19). The third kappa shape index (κ3) is 3.19. The van der Waals surface area contributed by atoms with E-state index in [0.717, 1.165) is 0 Å². The van der Waals surface area contributed by atoms with Gasteiger partial charge in [-0.15, -0.1) is 0 Å². The maximum Gasteiger partial charge on any atom is 0.337 e. The fourth-order valence-electron chi connectivity index (χ4n) is 1.63. The van der Waals surface area contributed by atoms with Crippen LogP contribution in [-0.4, -0.2) is 22.7 Å². The van der Waals surface area contributed by atoms with Gasteiger partial charge in [0.05, 0.1) is 22.9 Å². The van der Waals surface area contributed by atoms with Gasteiger partial charge in [-0.1, -0.05) is 23.7 Å². The lowest BCUT2D eigenvalue weighted by molar-refractivity contribution is 0.0696. The Kier molecular flexibility index (Phi) is 4.42. The summed E-state index contributed by atoms with van der Waals surface area (Å²) >= 11 is 6.02. The molecule has 5 nitrogen and oxygen atoms in total. The van der Waals surface area contributed by atoms with E-state index < -0.39 is 5.97 Å². The fourth-order valence-corrected chi connectivity index (χ4v) is 1.84. The molecule has 6 heteroatoms. The fraction of sp³-hybridized carbons (Fsp3) is 0.143. The largest absolute Gasteiger partial charge is 0.492 e. The molecule has 20 heavy (non-hydrogen) atoms. The first-order valence-electron chi connectivity index (χ1n) is 5.99. The van der Waals surface area contributed by atoms with E-state index in [0.29, 0.717) is 23.9 Å². The number of benzene rings is 1. The van der Waals surface area contributed by atoms with E-state index in [4.69, 9.17) is 21.4 Å². The molecule has 0 spiro atoms. The maximum atomic E-state index is 10.8. The minimum atomic E-state index is -1.07. The molecule has 0 amide bonds. The molecule has 2 aromatic rings. The summed E-state index contributed by atoms with van der Waals surface area (Å²) in [6, 6.07) is 8.71. The summed E-state index contributed by atoms with van der Waals surface area (Å²) in [5, 5.41) is 12.1. The third-order valence-electron chi connectivity index (χ3n) is 2.53. The summed E-state index contributed by atoms with van der Waals surface area (Å²) in [4.78, 5) is 14.8. The summed E-state index contributed by atoms with van der Waals surface area (Å²) in [5.41, 5.74) is 0.755. The van der Waals surface area contributed by atoms with E-state index in [9.17, 15) is 4.79 Å². The van der Waals surface area contributed by atoms with Crippen LogP contribution in [0.3, 0.4) is 0 Å². The maximum absolute atomic E-state index is 10.8. The van der Waals surface area contributed by atoms with Crippen molar-refractivity contribution in [2.75, 3.05) is 11.9 Å². The van der Waals surface area contributed by atoms with Crippen LogP contribution in [0.25, 0.3) is 0 Å². The molecule has 0 aliphatic heterocycles. The second kappa shape index (κ2) is 6.25. The Balaban J connectivity index is 2.28. The lowest BCUT2D eigenvalue weighted by Crippen LogP contribution is -2.02. The summed E-state index contributed by atoms with van der Waals surface area (Å²) < 4.78 is 5.48. The molecule has 0 aliphatic rings. The van der Waals surface area contributed by atoms with Gasteiger partial charge >= 0.3 is 5.97 Å².